The Kier molecular flexibility index (Phi) is 8.57. The minimum atomic E-state index is 1.16. The number of allylic oxidation sites excluding steroid dienone is 1. The predicted molar refractivity (Wildman–Crippen MR) is 56.5 cm³/mol. The number of nitrogens with zero attached hydrogens (tertiary/aromatic N) is 1. The van der Waals surface area contributed by atoms with Crippen molar-refractivity contribution in [2.75, 3.05) is 19.6 Å². The lowest BCUT2D eigenvalue weighted by Gasteiger charge is -2.20. The number of unbranched alkanes of at least 4 members (excludes halogenated alkanes) is 1. The van der Waals surface area contributed by atoms with Crippen LogP contribution >= 0.6 is 0 Å². The maximum absolute atomic E-state index is 3.73. The van der Waals surface area contributed by atoms with Crippen molar-refractivity contribution in [1.29, 1.82) is 0 Å². The maximum Gasteiger partial charge on any atom is -0.00158 e. The van der Waals surface area contributed by atoms with Crippen LogP contribution in [0.3, 0.4) is 0 Å². The average molecular weight is 169 g/mol. The first-order valence-electron chi connectivity index (χ1n) is 5.18. The zero-order valence-electron chi connectivity index (χ0n) is 8.68. The van der Waals surface area contributed by atoms with Crippen LogP contribution in [0.25, 0.3) is 0 Å². The Balaban J connectivity index is 3.40. The van der Waals surface area contributed by atoms with Gasteiger partial charge in [-0.25, -0.2) is 0 Å². The molecule has 0 fully saturated rings. The molecule has 0 saturated heterocycles. The Morgan fingerprint density at radius 3 is 2.08 bits per heavy atom. The van der Waals surface area contributed by atoms with Gasteiger partial charge in [0.15, 0.2) is 0 Å². The van der Waals surface area contributed by atoms with Crippen molar-refractivity contribution in [2.24, 2.45) is 0 Å². The summed E-state index contributed by atoms with van der Waals surface area (Å²) in [6.45, 7) is 12.0. The molecule has 0 aromatic rings. The molecule has 0 aromatic carbocycles. The van der Waals surface area contributed by atoms with Crippen molar-refractivity contribution in [1.82, 2.24) is 4.90 Å². The molecule has 12 heavy (non-hydrogen) atoms. The largest absolute Gasteiger partial charge is 0.303 e. The third-order valence-corrected chi connectivity index (χ3v) is 1.96. The third kappa shape index (κ3) is 6.41. The monoisotopic (exact) mass is 169 g/mol. The summed E-state index contributed by atoms with van der Waals surface area (Å²) < 4.78 is 0. The molecule has 0 amide bonds. The van der Waals surface area contributed by atoms with Gasteiger partial charge in [-0.05, 0) is 45.3 Å². The molecule has 0 N–H and O–H groups in total. The lowest BCUT2D eigenvalue weighted by molar-refractivity contribution is 0.272. The van der Waals surface area contributed by atoms with Crippen molar-refractivity contribution in [3.05, 3.63) is 12.7 Å². The van der Waals surface area contributed by atoms with Crippen LogP contribution in [-0.4, -0.2) is 24.5 Å². The Labute approximate surface area is 77.5 Å². The van der Waals surface area contributed by atoms with Crippen LogP contribution in [0.1, 0.15) is 39.5 Å². The lowest BCUT2D eigenvalue weighted by Crippen LogP contribution is -2.26. The molecule has 0 spiro atoms. The van der Waals surface area contributed by atoms with Crippen molar-refractivity contribution < 1.29 is 0 Å². The van der Waals surface area contributed by atoms with Crippen LogP contribution in [0.2, 0.25) is 0 Å². The van der Waals surface area contributed by atoms with Crippen LogP contribution in [-0.2, 0) is 0 Å². The van der Waals surface area contributed by atoms with Crippen LogP contribution in [0.5, 0.6) is 0 Å². The van der Waals surface area contributed by atoms with Gasteiger partial charge in [0.2, 0.25) is 0 Å². The van der Waals surface area contributed by atoms with Gasteiger partial charge in [0, 0.05) is 0 Å². The summed E-state index contributed by atoms with van der Waals surface area (Å²) in [5, 5.41) is 0. The van der Waals surface area contributed by atoms with E-state index in [9.17, 15) is 0 Å². The highest BCUT2D eigenvalue weighted by Gasteiger charge is 1.99. The van der Waals surface area contributed by atoms with Crippen LogP contribution < -0.4 is 0 Å². The Hall–Kier alpha value is -0.300. The Bertz CT molecular complexity index is 93.2. The summed E-state index contributed by atoms with van der Waals surface area (Å²) in [5.74, 6) is 0. The minimum absolute atomic E-state index is 1.16. The highest BCUT2D eigenvalue weighted by Crippen LogP contribution is 1.98. The molecule has 0 rings (SSSR count). The van der Waals surface area contributed by atoms with Gasteiger partial charge in [0.05, 0.1) is 0 Å². The standard InChI is InChI=1S/C11H23N/c1-4-7-8-11-12(9-5-2)10-6-3/h4H,1,5-11H2,2-3H3. The molecular formula is C11H23N. The summed E-state index contributed by atoms with van der Waals surface area (Å²) in [4.78, 5) is 2.55. The summed E-state index contributed by atoms with van der Waals surface area (Å²) in [7, 11) is 0. The van der Waals surface area contributed by atoms with Crippen LogP contribution in [0.15, 0.2) is 12.7 Å². The van der Waals surface area contributed by atoms with Crippen LogP contribution in [0.4, 0.5) is 0 Å². The molecule has 0 aliphatic rings. The molecular weight excluding hydrogens is 146 g/mol. The summed E-state index contributed by atoms with van der Waals surface area (Å²) >= 11 is 0. The van der Waals surface area contributed by atoms with Gasteiger partial charge in [-0.1, -0.05) is 19.9 Å². The number of rotatable bonds is 8. The number of hydrogen-bond acceptors (Lipinski definition) is 1. The first-order valence-corrected chi connectivity index (χ1v) is 5.18. The van der Waals surface area contributed by atoms with Gasteiger partial charge in [-0.3, -0.25) is 0 Å². The zero-order chi connectivity index (χ0) is 9.23. The predicted octanol–water partition coefficient (Wildman–Crippen LogP) is 3.07. The molecule has 0 unspecified atom stereocenters. The molecule has 72 valence electrons. The minimum Gasteiger partial charge on any atom is -0.303 e. The van der Waals surface area contributed by atoms with E-state index in [1.165, 1.54) is 38.9 Å². The van der Waals surface area contributed by atoms with Crippen molar-refractivity contribution in [3.8, 4) is 0 Å². The fourth-order valence-corrected chi connectivity index (χ4v) is 1.43. The average Bonchev–Trinajstić information content (AvgIpc) is 2.06. The fourth-order valence-electron chi connectivity index (χ4n) is 1.43. The van der Waals surface area contributed by atoms with Gasteiger partial charge in [-0.2, -0.15) is 0 Å². The van der Waals surface area contributed by atoms with Crippen molar-refractivity contribution in [2.45, 2.75) is 39.5 Å². The van der Waals surface area contributed by atoms with Gasteiger partial charge >= 0.3 is 0 Å². The third-order valence-electron chi connectivity index (χ3n) is 1.96. The topological polar surface area (TPSA) is 3.24 Å². The molecule has 0 aliphatic heterocycles. The summed E-state index contributed by atoms with van der Waals surface area (Å²) in [6.07, 6.45) is 6.98. The first-order chi connectivity index (χ1) is 5.85. The van der Waals surface area contributed by atoms with E-state index >= 15 is 0 Å². The van der Waals surface area contributed by atoms with E-state index in [1.54, 1.807) is 0 Å². The highest BCUT2D eigenvalue weighted by atomic mass is 15.1. The van der Waals surface area contributed by atoms with Crippen molar-refractivity contribution >= 4 is 0 Å². The van der Waals surface area contributed by atoms with Gasteiger partial charge in [0.25, 0.3) is 0 Å². The fraction of sp³-hybridized carbons (Fsp3) is 0.818. The lowest BCUT2D eigenvalue weighted by atomic mass is 10.2. The molecule has 0 heterocycles. The molecule has 0 radical (unpaired) electrons. The first kappa shape index (κ1) is 11.7. The van der Waals surface area contributed by atoms with Gasteiger partial charge < -0.3 is 4.90 Å². The molecule has 0 atom stereocenters. The molecule has 1 nitrogen and oxygen atoms in total. The van der Waals surface area contributed by atoms with E-state index in [0.29, 0.717) is 0 Å². The zero-order valence-corrected chi connectivity index (χ0v) is 8.68. The smallest absolute Gasteiger partial charge is 0.00158 e. The summed E-state index contributed by atoms with van der Waals surface area (Å²) in [5.41, 5.74) is 0. The second kappa shape index (κ2) is 8.79. The number of hydrogen-bond donors (Lipinski definition) is 0. The molecule has 1 heteroatoms. The SMILES string of the molecule is C=CCCCN(CCC)CCC. The molecule has 0 saturated carbocycles. The second-order valence-corrected chi connectivity index (χ2v) is 3.27. The van der Waals surface area contributed by atoms with E-state index < -0.39 is 0 Å². The van der Waals surface area contributed by atoms with E-state index in [4.69, 9.17) is 0 Å². The van der Waals surface area contributed by atoms with Gasteiger partial charge in [-0.15, -0.1) is 6.58 Å². The van der Waals surface area contributed by atoms with Gasteiger partial charge in [0.1, 0.15) is 0 Å². The van der Waals surface area contributed by atoms with E-state index in [1.807, 2.05) is 6.08 Å². The molecule has 0 bridgehead atoms. The Morgan fingerprint density at radius 2 is 1.67 bits per heavy atom. The second-order valence-electron chi connectivity index (χ2n) is 3.27. The van der Waals surface area contributed by atoms with E-state index in [-0.39, 0.29) is 0 Å². The van der Waals surface area contributed by atoms with Crippen molar-refractivity contribution in [3.63, 3.8) is 0 Å². The maximum atomic E-state index is 3.73. The molecule has 0 aromatic heterocycles. The summed E-state index contributed by atoms with van der Waals surface area (Å²) in [6, 6.07) is 0. The highest BCUT2D eigenvalue weighted by molar-refractivity contribution is 4.67. The van der Waals surface area contributed by atoms with E-state index in [0.717, 1.165) is 6.42 Å². The quantitative estimate of drug-likeness (QED) is 0.399. The van der Waals surface area contributed by atoms with E-state index in [2.05, 4.69) is 25.3 Å². The van der Waals surface area contributed by atoms with Crippen LogP contribution in [0, 0.1) is 0 Å². The Morgan fingerprint density at radius 1 is 1.08 bits per heavy atom. The molecule has 0 aliphatic carbocycles. The normalized spacial score (nSPS) is 10.6.